The van der Waals surface area contributed by atoms with Gasteiger partial charge in [0.05, 0.1) is 13.2 Å². The number of morpholine rings is 1. The average Bonchev–Trinajstić information content (AvgIpc) is 2.34. The maximum absolute atomic E-state index is 5.41. The molecule has 1 fully saturated rings. The van der Waals surface area contributed by atoms with Crippen LogP contribution in [0.15, 0.2) is 24.3 Å². The first-order chi connectivity index (χ1) is 7.81. The smallest absolute Gasteiger partial charge is 0.163 e. The minimum absolute atomic E-state index is 0.532. The summed E-state index contributed by atoms with van der Waals surface area (Å²) < 4.78 is 5.41. The minimum Gasteiger partial charge on any atom is -0.370 e. The van der Waals surface area contributed by atoms with Gasteiger partial charge in [-0.15, -0.1) is 0 Å². The van der Waals surface area contributed by atoms with Crippen molar-refractivity contribution in [2.75, 3.05) is 32.8 Å². The van der Waals surface area contributed by atoms with Crippen LogP contribution in [0.25, 0.3) is 0 Å². The third-order valence-corrected chi connectivity index (χ3v) is 3.40. The van der Waals surface area contributed by atoms with E-state index in [1.807, 2.05) is 0 Å². The topological polar surface area (TPSA) is 41.3 Å². The maximum Gasteiger partial charge on any atom is 0.163 e. The Balaban J connectivity index is 2.11. The van der Waals surface area contributed by atoms with Gasteiger partial charge in [0.25, 0.3) is 0 Å². The van der Waals surface area contributed by atoms with Crippen molar-refractivity contribution in [3.05, 3.63) is 35.4 Å². The Hall–Kier alpha value is -0.900. The molecular weight excluding hydrogens is 200 g/mol. The van der Waals surface area contributed by atoms with Crippen molar-refractivity contribution in [3.8, 4) is 0 Å². The molecule has 1 aliphatic rings. The number of rotatable bonds is 3. The molecule has 1 atom stereocenters. The summed E-state index contributed by atoms with van der Waals surface area (Å²) in [7, 11) is 0. The standard InChI is InChI=1S/C13H20N2O/c1-11-2-4-12(5-3-11)13(10-14)15-6-8-16-9-7-15/h2-5,13H,6-10,14H2,1H3/p+2/t13-/m1/s1. The summed E-state index contributed by atoms with van der Waals surface area (Å²) in [6.07, 6.45) is 0. The predicted octanol–water partition coefficient (Wildman–Crippen LogP) is -0.807. The SMILES string of the molecule is Cc1ccc([C@@H](C[NH3+])[NH+]2CCOCC2)cc1. The van der Waals surface area contributed by atoms with E-state index in [0.717, 1.165) is 32.8 Å². The Kier molecular flexibility index (Phi) is 3.93. The third-order valence-electron chi connectivity index (χ3n) is 3.40. The molecular formula is C13H22N2O+2. The zero-order valence-corrected chi connectivity index (χ0v) is 10.0. The fourth-order valence-corrected chi connectivity index (χ4v) is 2.39. The number of hydrogen-bond acceptors (Lipinski definition) is 1. The van der Waals surface area contributed by atoms with Crippen LogP contribution in [-0.4, -0.2) is 32.8 Å². The number of ether oxygens (including phenoxy) is 1. The predicted molar refractivity (Wildman–Crippen MR) is 63.2 cm³/mol. The first-order valence-electron chi connectivity index (χ1n) is 6.09. The number of aryl methyl sites for hydroxylation is 1. The normalized spacial score (nSPS) is 19.6. The molecule has 0 aromatic heterocycles. The van der Waals surface area contributed by atoms with Crippen molar-refractivity contribution >= 4 is 0 Å². The van der Waals surface area contributed by atoms with Crippen LogP contribution in [0.1, 0.15) is 17.2 Å². The van der Waals surface area contributed by atoms with E-state index < -0.39 is 0 Å². The summed E-state index contributed by atoms with van der Waals surface area (Å²) in [5.41, 5.74) is 6.84. The quantitative estimate of drug-likeness (QED) is 0.690. The highest BCUT2D eigenvalue weighted by molar-refractivity contribution is 5.22. The lowest BCUT2D eigenvalue weighted by Gasteiger charge is -2.29. The molecule has 0 aliphatic carbocycles. The third kappa shape index (κ3) is 2.61. The molecule has 0 unspecified atom stereocenters. The van der Waals surface area contributed by atoms with Gasteiger partial charge in [-0.2, -0.15) is 0 Å². The number of quaternary nitrogens is 2. The summed E-state index contributed by atoms with van der Waals surface area (Å²) in [4.78, 5) is 1.62. The molecule has 88 valence electrons. The van der Waals surface area contributed by atoms with Gasteiger partial charge in [0.15, 0.2) is 6.04 Å². The van der Waals surface area contributed by atoms with Gasteiger partial charge in [-0.3, -0.25) is 0 Å². The monoisotopic (exact) mass is 222 g/mol. The second kappa shape index (κ2) is 5.43. The molecule has 3 nitrogen and oxygen atoms in total. The Bertz CT molecular complexity index is 317. The summed E-state index contributed by atoms with van der Waals surface area (Å²) in [5.74, 6) is 0. The molecule has 1 heterocycles. The van der Waals surface area contributed by atoms with E-state index in [-0.39, 0.29) is 0 Å². The van der Waals surface area contributed by atoms with Crippen LogP contribution in [0, 0.1) is 6.92 Å². The molecule has 0 spiro atoms. The Morgan fingerprint density at radius 2 is 1.88 bits per heavy atom. The summed E-state index contributed by atoms with van der Waals surface area (Å²) in [5, 5.41) is 0. The van der Waals surface area contributed by atoms with Gasteiger partial charge in [0.1, 0.15) is 19.6 Å². The van der Waals surface area contributed by atoms with Crippen LogP contribution < -0.4 is 10.6 Å². The van der Waals surface area contributed by atoms with E-state index in [4.69, 9.17) is 4.74 Å². The van der Waals surface area contributed by atoms with Crippen LogP contribution >= 0.6 is 0 Å². The Labute approximate surface area is 97.2 Å². The molecule has 0 bridgehead atoms. The van der Waals surface area contributed by atoms with E-state index >= 15 is 0 Å². The number of hydrogen-bond donors (Lipinski definition) is 2. The van der Waals surface area contributed by atoms with Gasteiger partial charge in [-0.1, -0.05) is 29.8 Å². The zero-order valence-electron chi connectivity index (χ0n) is 10.0. The van der Waals surface area contributed by atoms with Crippen molar-refractivity contribution in [2.24, 2.45) is 0 Å². The highest BCUT2D eigenvalue weighted by atomic mass is 16.5. The molecule has 1 saturated heterocycles. The molecule has 4 N–H and O–H groups in total. The molecule has 0 radical (unpaired) electrons. The van der Waals surface area contributed by atoms with Crippen molar-refractivity contribution in [1.29, 1.82) is 0 Å². The van der Waals surface area contributed by atoms with E-state index in [9.17, 15) is 0 Å². The highest BCUT2D eigenvalue weighted by Gasteiger charge is 2.26. The highest BCUT2D eigenvalue weighted by Crippen LogP contribution is 2.09. The van der Waals surface area contributed by atoms with E-state index in [1.165, 1.54) is 11.1 Å². The maximum atomic E-state index is 5.41. The van der Waals surface area contributed by atoms with Gasteiger partial charge in [-0.25, -0.2) is 0 Å². The molecule has 0 saturated carbocycles. The van der Waals surface area contributed by atoms with Gasteiger partial charge in [-0.05, 0) is 6.92 Å². The van der Waals surface area contributed by atoms with Crippen molar-refractivity contribution in [2.45, 2.75) is 13.0 Å². The lowest BCUT2D eigenvalue weighted by molar-refractivity contribution is -0.944. The fourth-order valence-electron chi connectivity index (χ4n) is 2.39. The van der Waals surface area contributed by atoms with Crippen LogP contribution in [0.3, 0.4) is 0 Å². The van der Waals surface area contributed by atoms with Crippen LogP contribution in [0.4, 0.5) is 0 Å². The molecule has 0 amide bonds. The van der Waals surface area contributed by atoms with Gasteiger partial charge >= 0.3 is 0 Å². The van der Waals surface area contributed by atoms with Crippen molar-refractivity contribution in [3.63, 3.8) is 0 Å². The van der Waals surface area contributed by atoms with Crippen LogP contribution in [-0.2, 0) is 4.74 Å². The minimum atomic E-state index is 0.532. The zero-order chi connectivity index (χ0) is 11.4. The van der Waals surface area contributed by atoms with Gasteiger partial charge in [0.2, 0.25) is 0 Å². The summed E-state index contributed by atoms with van der Waals surface area (Å²) in [6.45, 7) is 7.07. The largest absolute Gasteiger partial charge is 0.370 e. The van der Waals surface area contributed by atoms with Crippen LogP contribution in [0.5, 0.6) is 0 Å². The van der Waals surface area contributed by atoms with E-state index in [0.29, 0.717) is 6.04 Å². The van der Waals surface area contributed by atoms with E-state index in [1.54, 1.807) is 4.90 Å². The lowest BCUT2D eigenvalue weighted by Crippen LogP contribution is -3.15. The number of nitrogens with one attached hydrogen (secondary N) is 1. The van der Waals surface area contributed by atoms with Gasteiger partial charge < -0.3 is 15.4 Å². The molecule has 1 aromatic carbocycles. The Morgan fingerprint density at radius 1 is 1.25 bits per heavy atom. The number of benzene rings is 1. The second-order valence-corrected chi connectivity index (χ2v) is 4.52. The molecule has 3 heteroatoms. The fraction of sp³-hybridized carbons (Fsp3) is 0.538. The van der Waals surface area contributed by atoms with Crippen LogP contribution in [0.2, 0.25) is 0 Å². The summed E-state index contributed by atoms with van der Waals surface area (Å²) >= 11 is 0. The van der Waals surface area contributed by atoms with Crippen molar-refractivity contribution < 1.29 is 15.4 Å². The lowest BCUT2D eigenvalue weighted by atomic mass is 10.0. The molecule has 16 heavy (non-hydrogen) atoms. The van der Waals surface area contributed by atoms with Crippen molar-refractivity contribution in [1.82, 2.24) is 0 Å². The Morgan fingerprint density at radius 3 is 2.44 bits per heavy atom. The first kappa shape index (κ1) is 11.6. The van der Waals surface area contributed by atoms with E-state index in [2.05, 4.69) is 36.9 Å². The second-order valence-electron chi connectivity index (χ2n) is 4.52. The summed E-state index contributed by atoms with van der Waals surface area (Å²) in [6, 6.07) is 9.40. The first-order valence-corrected chi connectivity index (χ1v) is 6.09. The average molecular weight is 222 g/mol. The molecule has 1 aromatic rings. The molecule has 2 rings (SSSR count). The van der Waals surface area contributed by atoms with Gasteiger partial charge in [0, 0.05) is 5.56 Å². The molecule has 1 aliphatic heterocycles.